The van der Waals surface area contributed by atoms with Crippen molar-refractivity contribution in [1.82, 2.24) is 14.9 Å². The SMILES string of the molecule is O=C(Cc1ccc(Cl)cc1)NCCCc1nc2ccccc2n1CCCOc1cccc2ccccc12. The van der Waals surface area contributed by atoms with E-state index in [0.717, 1.165) is 59.4 Å². The molecule has 4 aromatic carbocycles. The fourth-order valence-electron chi connectivity index (χ4n) is 4.62. The van der Waals surface area contributed by atoms with Crippen LogP contribution in [0.5, 0.6) is 5.75 Å². The molecular weight excluding hydrogens is 482 g/mol. The van der Waals surface area contributed by atoms with Crippen molar-refractivity contribution in [3.05, 3.63) is 107 Å². The van der Waals surface area contributed by atoms with Crippen molar-refractivity contribution in [2.45, 2.75) is 32.2 Å². The minimum atomic E-state index is 0.0152. The molecule has 6 heteroatoms. The maximum absolute atomic E-state index is 12.3. The molecule has 0 aliphatic heterocycles. The number of carbonyl (C=O) groups is 1. The minimum absolute atomic E-state index is 0.0152. The molecule has 0 unspecified atom stereocenters. The molecule has 5 aromatic rings. The zero-order valence-corrected chi connectivity index (χ0v) is 21.5. The van der Waals surface area contributed by atoms with Gasteiger partial charge in [0.05, 0.1) is 24.1 Å². The summed E-state index contributed by atoms with van der Waals surface area (Å²) in [5, 5.41) is 6.02. The summed E-state index contributed by atoms with van der Waals surface area (Å²) < 4.78 is 8.45. The van der Waals surface area contributed by atoms with Crippen LogP contribution in [0.25, 0.3) is 21.8 Å². The Morgan fingerprint density at radius 2 is 1.68 bits per heavy atom. The smallest absolute Gasteiger partial charge is 0.224 e. The Labute approximate surface area is 222 Å². The number of amides is 1. The topological polar surface area (TPSA) is 56.2 Å². The highest BCUT2D eigenvalue weighted by atomic mass is 35.5. The minimum Gasteiger partial charge on any atom is -0.493 e. The third-order valence-electron chi connectivity index (χ3n) is 6.44. The number of aromatic nitrogens is 2. The van der Waals surface area contributed by atoms with E-state index in [4.69, 9.17) is 21.3 Å². The number of carbonyl (C=O) groups excluding carboxylic acids is 1. The fourth-order valence-corrected chi connectivity index (χ4v) is 4.74. The molecule has 0 aliphatic rings. The molecule has 0 atom stereocenters. The van der Waals surface area contributed by atoms with Crippen LogP contribution < -0.4 is 10.1 Å². The summed E-state index contributed by atoms with van der Waals surface area (Å²) in [7, 11) is 0. The highest BCUT2D eigenvalue weighted by Crippen LogP contribution is 2.25. The van der Waals surface area contributed by atoms with Gasteiger partial charge in [-0.1, -0.05) is 72.3 Å². The van der Waals surface area contributed by atoms with Crippen molar-refractivity contribution in [2.75, 3.05) is 13.2 Å². The van der Waals surface area contributed by atoms with E-state index < -0.39 is 0 Å². The summed E-state index contributed by atoms with van der Waals surface area (Å²) in [4.78, 5) is 17.2. The molecule has 0 spiro atoms. The molecule has 5 nitrogen and oxygen atoms in total. The summed E-state index contributed by atoms with van der Waals surface area (Å²) in [6.07, 6.45) is 2.84. The van der Waals surface area contributed by atoms with Gasteiger partial charge in [-0.15, -0.1) is 0 Å². The molecule has 1 aromatic heterocycles. The number of imidazole rings is 1. The molecule has 0 aliphatic carbocycles. The lowest BCUT2D eigenvalue weighted by Gasteiger charge is -2.12. The molecule has 1 amide bonds. The number of hydrogen-bond donors (Lipinski definition) is 1. The van der Waals surface area contributed by atoms with Crippen LogP contribution in [-0.2, 0) is 24.2 Å². The summed E-state index contributed by atoms with van der Waals surface area (Å²) in [5.74, 6) is 1.97. The lowest BCUT2D eigenvalue weighted by molar-refractivity contribution is -0.120. The van der Waals surface area contributed by atoms with Gasteiger partial charge in [0.15, 0.2) is 0 Å². The standard InChI is InChI=1S/C31H30ClN3O2/c32-25-17-15-23(16-18-25)22-31(36)33-19-6-14-30-34-27-11-3-4-12-28(27)35(30)20-7-21-37-29-13-5-9-24-8-1-2-10-26(24)29/h1-5,8-13,15-18H,6-7,14,19-22H2,(H,33,36). The van der Waals surface area contributed by atoms with Crippen molar-refractivity contribution >= 4 is 39.3 Å². The van der Waals surface area contributed by atoms with Crippen molar-refractivity contribution in [2.24, 2.45) is 0 Å². The van der Waals surface area contributed by atoms with E-state index in [2.05, 4.69) is 40.2 Å². The quantitative estimate of drug-likeness (QED) is 0.203. The van der Waals surface area contributed by atoms with Gasteiger partial charge in [-0.05, 0) is 54.1 Å². The molecule has 0 fully saturated rings. The number of hydrogen-bond acceptors (Lipinski definition) is 3. The number of halogens is 1. The molecule has 0 bridgehead atoms. The second kappa shape index (κ2) is 11.9. The van der Waals surface area contributed by atoms with Gasteiger partial charge in [-0.3, -0.25) is 4.79 Å². The van der Waals surface area contributed by atoms with Crippen LogP contribution in [0.1, 0.15) is 24.2 Å². The lowest BCUT2D eigenvalue weighted by atomic mass is 10.1. The maximum Gasteiger partial charge on any atom is 0.224 e. The highest BCUT2D eigenvalue weighted by Gasteiger charge is 2.11. The molecule has 188 valence electrons. The van der Waals surface area contributed by atoms with Crippen LogP contribution in [0.15, 0.2) is 91.0 Å². The largest absolute Gasteiger partial charge is 0.493 e. The van der Waals surface area contributed by atoms with Crippen LogP contribution in [-0.4, -0.2) is 28.6 Å². The lowest BCUT2D eigenvalue weighted by Crippen LogP contribution is -2.26. The Morgan fingerprint density at radius 3 is 2.57 bits per heavy atom. The van der Waals surface area contributed by atoms with Gasteiger partial charge >= 0.3 is 0 Å². The van der Waals surface area contributed by atoms with Crippen LogP contribution in [0.2, 0.25) is 5.02 Å². The molecule has 0 saturated heterocycles. The Morgan fingerprint density at radius 1 is 0.892 bits per heavy atom. The maximum atomic E-state index is 12.3. The third kappa shape index (κ3) is 6.30. The molecule has 0 saturated carbocycles. The zero-order valence-electron chi connectivity index (χ0n) is 20.7. The normalized spacial score (nSPS) is 11.2. The number of aryl methyl sites for hydroxylation is 2. The molecule has 37 heavy (non-hydrogen) atoms. The van der Waals surface area contributed by atoms with Gasteiger partial charge in [0.2, 0.25) is 5.91 Å². The van der Waals surface area contributed by atoms with E-state index >= 15 is 0 Å². The number of nitrogens with one attached hydrogen (secondary N) is 1. The predicted molar refractivity (Wildman–Crippen MR) is 150 cm³/mol. The van der Waals surface area contributed by atoms with E-state index in [1.807, 2.05) is 60.7 Å². The van der Waals surface area contributed by atoms with E-state index in [1.54, 1.807) is 0 Å². The van der Waals surface area contributed by atoms with Gasteiger partial charge < -0.3 is 14.6 Å². The van der Waals surface area contributed by atoms with Gasteiger partial charge in [0.25, 0.3) is 0 Å². The second-order valence-electron chi connectivity index (χ2n) is 9.10. The van der Waals surface area contributed by atoms with Crippen LogP contribution in [0.3, 0.4) is 0 Å². The van der Waals surface area contributed by atoms with Gasteiger partial charge in [0.1, 0.15) is 11.6 Å². The third-order valence-corrected chi connectivity index (χ3v) is 6.70. The Bertz CT molecular complexity index is 1490. The zero-order chi connectivity index (χ0) is 25.5. The molecule has 0 radical (unpaired) electrons. The number of ether oxygens (including phenoxy) is 1. The Hall–Kier alpha value is -3.83. The molecule has 1 heterocycles. The van der Waals surface area contributed by atoms with E-state index in [9.17, 15) is 4.79 Å². The van der Waals surface area contributed by atoms with E-state index in [0.29, 0.717) is 24.6 Å². The number of para-hydroxylation sites is 2. The van der Waals surface area contributed by atoms with Gasteiger partial charge in [-0.2, -0.15) is 0 Å². The number of benzene rings is 4. The summed E-state index contributed by atoms with van der Waals surface area (Å²) in [6.45, 7) is 2.06. The van der Waals surface area contributed by atoms with E-state index in [-0.39, 0.29) is 5.91 Å². The average molecular weight is 512 g/mol. The van der Waals surface area contributed by atoms with Crippen LogP contribution in [0.4, 0.5) is 0 Å². The van der Waals surface area contributed by atoms with Gasteiger partial charge in [-0.25, -0.2) is 4.98 Å². The first-order valence-corrected chi connectivity index (χ1v) is 13.1. The summed E-state index contributed by atoms with van der Waals surface area (Å²) >= 11 is 5.92. The monoisotopic (exact) mass is 511 g/mol. The van der Waals surface area contributed by atoms with Crippen molar-refractivity contribution in [1.29, 1.82) is 0 Å². The summed E-state index contributed by atoms with van der Waals surface area (Å²) in [6, 6.07) is 30.1. The van der Waals surface area contributed by atoms with Crippen LogP contribution in [0, 0.1) is 0 Å². The number of nitrogens with zero attached hydrogens (tertiary/aromatic N) is 2. The molecule has 1 N–H and O–H groups in total. The predicted octanol–water partition coefficient (Wildman–Crippen LogP) is 6.60. The first-order valence-electron chi connectivity index (χ1n) is 12.7. The highest BCUT2D eigenvalue weighted by molar-refractivity contribution is 6.30. The fraction of sp³-hybridized carbons (Fsp3) is 0.226. The first kappa shape index (κ1) is 24.8. The van der Waals surface area contributed by atoms with Crippen molar-refractivity contribution in [3.63, 3.8) is 0 Å². The van der Waals surface area contributed by atoms with Crippen LogP contribution >= 0.6 is 11.6 Å². The summed E-state index contributed by atoms with van der Waals surface area (Å²) in [5.41, 5.74) is 3.09. The number of rotatable bonds is 11. The Kier molecular flexibility index (Phi) is 8.02. The molecular formula is C31H30ClN3O2. The van der Waals surface area contributed by atoms with E-state index in [1.165, 1.54) is 5.39 Å². The van der Waals surface area contributed by atoms with Crippen molar-refractivity contribution < 1.29 is 9.53 Å². The second-order valence-corrected chi connectivity index (χ2v) is 9.54. The average Bonchev–Trinajstić information content (AvgIpc) is 3.27. The van der Waals surface area contributed by atoms with Gasteiger partial charge in [0, 0.05) is 29.9 Å². The van der Waals surface area contributed by atoms with Crippen molar-refractivity contribution in [3.8, 4) is 5.75 Å². The first-order chi connectivity index (χ1) is 18.2. The Balaban J connectivity index is 1.15. The molecule has 5 rings (SSSR count). The number of fused-ring (bicyclic) bond motifs is 2.